The Morgan fingerprint density at radius 2 is 0.684 bits per heavy atom. The van der Waals surface area contributed by atoms with Crippen LogP contribution in [0.25, 0.3) is 100 Å². The molecular formula is C86H73F2N17O9. The van der Waals surface area contributed by atoms with Crippen LogP contribution in [0.15, 0.2) is 210 Å². The van der Waals surface area contributed by atoms with Gasteiger partial charge in [0.15, 0.2) is 11.5 Å². The van der Waals surface area contributed by atoms with Crippen LogP contribution in [0, 0.1) is 80.3 Å². The van der Waals surface area contributed by atoms with E-state index in [2.05, 4.69) is 120 Å². The Hall–Kier alpha value is -14.2. The van der Waals surface area contributed by atoms with Gasteiger partial charge >= 0.3 is 6.29 Å². The van der Waals surface area contributed by atoms with Crippen molar-refractivity contribution in [3.05, 3.63) is 217 Å². The number of anilines is 5. The minimum atomic E-state index is -3.73. The lowest BCUT2D eigenvalue weighted by Crippen LogP contribution is -2.45. The van der Waals surface area contributed by atoms with Gasteiger partial charge in [-0.15, -0.1) is 8.78 Å². The van der Waals surface area contributed by atoms with Crippen LogP contribution in [0.4, 0.5) is 38.2 Å². The van der Waals surface area contributed by atoms with Crippen molar-refractivity contribution in [2.24, 2.45) is 23.7 Å². The van der Waals surface area contributed by atoms with E-state index in [1.807, 2.05) is 152 Å². The maximum atomic E-state index is 13.1. The molecule has 5 aliphatic heterocycles. The summed E-state index contributed by atoms with van der Waals surface area (Å²) in [5, 5.41) is 76.8. The maximum absolute atomic E-state index is 13.1. The zero-order valence-corrected chi connectivity index (χ0v) is 61.5. The molecule has 26 nitrogen and oxygen atoms in total. The largest absolute Gasteiger partial charge is 0.586 e. The van der Waals surface area contributed by atoms with Gasteiger partial charge in [-0.2, -0.15) is 51.2 Å². The smallest absolute Gasteiger partial charge is 0.419 e. The Labute approximate surface area is 651 Å². The first-order valence-corrected chi connectivity index (χ1v) is 37.0. The molecule has 570 valence electrons. The van der Waals surface area contributed by atoms with Gasteiger partial charge in [0.2, 0.25) is 87.3 Å². The van der Waals surface area contributed by atoms with E-state index in [4.69, 9.17) is 36.8 Å². The number of hydrogen-bond donors (Lipinski definition) is 7. The monoisotopic (exact) mass is 1530 g/mol. The molecule has 9 aromatic carbocycles. The minimum absolute atomic E-state index is 0.0101. The second kappa shape index (κ2) is 34.8. The Balaban J connectivity index is 0.000000112. The van der Waals surface area contributed by atoms with Crippen LogP contribution in [0.5, 0.6) is 11.5 Å². The number of nitrogens with one attached hydrogen (secondary N) is 7. The van der Waals surface area contributed by atoms with Gasteiger partial charge < -0.3 is 78.3 Å². The van der Waals surface area contributed by atoms with E-state index in [0.717, 1.165) is 157 Å². The molecule has 5 aromatic heterocycles. The van der Waals surface area contributed by atoms with Crippen molar-refractivity contribution in [1.29, 1.82) is 26.3 Å². The highest BCUT2D eigenvalue weighted by atomic mass is 19.3. The van der Waals surface area contributed by atoms with Crippen LogP contribution in [-0.2, 0) is 9.47 Å². The first-order valence-electron chi connectivity index (χ1n) is 37.0. The highest BCUT2D eigenvalue weighted by Gasteiger charge is 2.45. The van der Waals surface area contributed by atoms with Gasteiger partial charge in [-0.05, 0) is 111 Å². The average molecular weight is 1530 g/mol. The number of ether oxygens (including phenoxy) is 4. The Morgan fingerprint density at radius 1 is 0.368 bits per heavy atom. The van der Waals surface area contributed by atoms with Crippen molar-refractivity contribution in [3.63, 3.8) is 0 Å². The Kier molecular flexibility index (Phi) is 23.0. The molecule has 0 radical (unpaired) electrons. The number of para-hydroxylation sites is 1. The molecule has 19 rings (SSSR count). The summed E-state index contributed by atoms with van der Waals surface area (Å²) in [5.74, 6) is 5.90. The number of nitrogens with zero attached hydrogens (tertiary/aromatic N) is 10. The van der Waals surface area contributed by atoms with Gasteiger partial charge in [0, 0.05) is 86.3 Å². The van der Waals surface area contributed by atoms with E-state index in [-0.39, 0.29) is 40.2 Å². The standard InChI is InChI=1S/C19H18N4O.C19H17N3O2.C18H16N4O.C18H15N3O2.C12H7F2N3O3/c20-10-17-19(22-9-8-13-11-21-12-13)24-18(23-17)16-7-3-5-14-4-1-2-6-15(14)16;20-10-17-19(21-9-8-13-11-23-12-13)24-18(22-17)16-7-3-5-14-4-1-2-6-15(14)16;19-8-16-18(21-11-12-9-20-10-12)23-17(22-16)15-7-3-5-13-4-1-2-6-14(13)15;19-8-16-18(20-9-12-10-22-11-12)23-17(21-16)15-7-3-5-13-4-1-2-6-14(13)15;1-16-11-7(5-15)17-10(18-11)6-3-2-4-8-9(6)20-12(13,14)19-8/h1-7,13,21-22H,8-9,11-12H2;1-7,13,21H,8-9,11-12H2;1-7,12,20-21H,9-11H2;1-7,12,20H,9-11H2;2-4,16H,1H3. The fraction of sp³-hybridized carbons (Fsp3) is 0.233. The number of oxazole rings is 5. The number of benzene rings is 9. The van der Waals surface area contributed by atoms with Crippen molar-refractivity contribution in [3.8, 4) is 99.1 Å². The summed E-state index contributed by atoms with van der Waals surface area (Å²) in [4.78, 5) is 21.4. The molecule has 28 heteroatoms. The van der Waals surface area contributed by atoms with Crippen molar-refractivity contribution in [1.82, 2.24) is 35.6 Å². The maximum Gasteiger partial charge on any atom is 0.586 e. The lowest BCUT2D eigenvalue weighted by molar-refractivity contribution is -0.286. The van der Waals surface area contributed by atoms with Crippen molar-refractivity contribution in [2.45, 2.75) is 19.1 Å². The second-order valence-electron chi connectivity index (χ2n) is 27.2. The van der Waals surface area contributed by atoms with E-state index < -0.39 is 6.29 Å². The van der Waals surface area contributed by atoms with Crippen molar-refractivity contribution < 1.29 is 49.8 Å². The van der Waals surface area contributed by atoms with Gasteiger partial charge in [0.05, 0.1) is 32.0 Å². The van der Waals surface area contributed by atoms with Crippen LogP contribution >= 0.6 is 0 Å². The second-order valence-corrected chi connectivity index (χ2v) is 27.2. The molecule has 14 aromatic rings. The van der Waals surface area contributed by atoms with Gasteiger partial charge in [-0.1, -0.05) is 152 Å². The summed E-state index contributed by atoms with van der Waals surface area (Å²) in [5.41, 5.74) is 4.98. The minimum Gasteiger partial charge on any atom is -0.419 e. The quantitative estimate of drug-likeness (QED) is 0.0373. The molecule has 0 bridgehead atoms. The summed E-state index contributed by atoms with van der Waals surface area (Å²) < 4.78 is 74.0. The molecule has 114 heavy (non-hydrogen) atoms. The number of fused-ring (bicyclic) bond motifs is 5. The predicted octanol–water partition coefficient (Wildman–Crippen LogP) is 16.2. The van der Waals surface area contributed by atoms with Crippen LogP contribution in [0.2, 0.25) is 0 Å². The van der Waals surface area contributed by atoms with E-state index in [9.17, 15) is 29.8 Å². The number of hydrogen-bond acceptors (Lipinski definition) is 26. The average Bonchev–Trinajstić information content (AvgIpc) is 1.62. The van der Waals surface area contributed by atoms with E-state index in [1.165, 1.54) is 18.2 Å². The highest BCUT2D eigenvalue weighted by Crippen LogP contribution is 2.48. The third-order valence-electron chi connectivity index (χ3n) is 19.6. The zero-order valence-electron chi connectivity index (χ0n) is 61.5. The molecule has 10 heterocycles. The van der Waals surface area contributed by atoms with Gasteiger partial charge in [0.1, 0.15) is 30.3 Å². The summed E-state index contributed by atoms with van der Waals surface area (Å²) in [6, 6.07) is 70.8. The fourth-order valence-corrected chi connectivity index (χ4v) is 13.1. The van der Waals surface area contributed by atoms with Gasteiger partial charge in [-0.3, -0.25) is 0 Å². The first-order chi connectivity index (χ1) is 55.9. The molecule has 0 aliphatic carbocycles. The number of alkyl halides is 2. The Morgan fingerprint density at radius 3 is 1.03 bits per heavy atom. The molecular weight excluding hydrogens is 1450 g/mol. The van der Waals surface area contributed by atoms with Crippen molar-refractivity contribution in [2.75, 3.05) is 112 Å². The lowest BCUT2D eigenvalue weighted by atomic mass is 10.00. The van der Waals surface area contributed by atoms with Crippen LogP contribution < -0.4 is 46.7 Å². The van der Waals surface area contributed by atoms with E-state index >= 15 is 0 Å². The normalized spacial score (nSPS) is 14.4. The summed E-state index contributed by atoms with van der Waals surface area (Å²) in [6.07, 6.45) is -1.67. The number of nitriles is 5. The summed E-state index contributed by atoms with van der Waals surface area (Å²) >= 11 is 0. The molecule has 4 fully saturated rings. The van der Waals surface area contributed by atoms with Gasteiger partial charge in [-0.25, -0.2) is 0 Å². The molecule has 0 saturated carbocycles. The van der Waals surface area contributed by atoms with Crippen LogP contribution in [-0.4, -0.2) is 117 Å². The van der Waals surface area contributed by atoms with E-state index in [1.54, 1.807) is 7.05 Å². The predicted molar refractivity (Wildman–Crippen MR) is 424 cm³/mol. The van der Waals surface area contributed by atoms with E-state index in [0.29, 0.717) is 87.9 Å². The third-order valence-corrected chi connectivity index (χ3v) is 19.6. The zero-order chi connectivity index (χ0) is 78.3. The number of rotatable bonds is 20. The van der Waals surface area contributed by atoms with Crippen LogP contribution in [0.1, 0.15) is 41.3 Å². The third kappa shape index (κ3) is 17.1. The first kappa shape index (κ1) is 75.2. The number of aromatic nitrogens is 5. The molecule has 0 unspecified atom stereocenters. The summed E-state index contributed by atoms with van der Waals surface area (Å²) in [7, 11) is 1.55. The number of halogens is 2. The Bertz CT molecular complexity index is 5680. The lowest BCUT2D eigenvalue weighted by Gasteiger charge is -2.26. The SMILES string of the molecule is CNc1oc(-c2cccc3c2OC(F)(F)O3)nc1C#N.N#Cc1nc(-c2cccc3ccccc23)oc1NCC1CNC1.N#Cc1nc(-c2cccc3ccccc23)oc1NCC1COC1.N#Cc1nc(-c2cccc3ccccc23)oc1NCCC1CNC1.N#Cc1nc(-c2cccc3ccccc23)oc1NCCC1COC1. The summed E-state index contributed by atoms with van der Waals surface area (Å²) in [6.45, 7) is 10.3. The molecule has 7 N–H and O–H groups in total. The molecule has 0 spiro atoms. The molecule has 0 atom stereocenters. The molecule has 0 amide bonds. The van der Waals surface area contributed by atoms with Crippen molar-refractivity contribution >= 4 is 72.5 Å². The topological polar surface area (TPSA) is 370 Å². The molecule has 5 aliphatic rings. The molecule has 4 saturated heterocycles. The van der Waals surface area contributed by atoms with Crippen LogP contribution in [0.3, 0.4) is 0 Å². The highest BCUT2D eigenvalue weighted by molar-refractivity contribution is 5.98. The van der Waals surface area contributed by atoms with Gasteiger partial charge in [0.25, 0.3) is 0 Å². The fourth-order valence-electron chi connectivity index (χ4n) is 13.1.